The van der Waals surface area contributed by atoms with Crippen molar-refractivity contribution in [2.24, 2.45) is 5.73 Å². The van der Waals surface area contributed by atoms with E-state index >= 15 is 0 Å². The molecule has 0 aliphatic carbocycles. The molecule has 2 N–H and O–H groups in total. The highest BCUT2D eigenvalue weighted by Gasteiger charge is 1.96. The molecule has 1 amide bonds. The van der Waals surface area contributed by atoms with Gasteiger partial charge < -0.3 is 5.73 Å². The van der Waals surface area contributed by atoms with Crippen LogP contribution in [-0.4, -0.2) is 17.2 Å². The first kappa shape index (κ1) is 8.94. The molecule has 0 unspecified atom stereocenters. The van der Waals surface area contributed by atoms with Gasteiger partial charge in [-0.15, -0.1) is 0 Å². The first-order chi connectivity index (χ1) is 6.24. The molecule has 0 spiro atoms. The number of nitrogens with two attached hydrogens (primary N) is 1. The number of aldehydes is 1. The van der Waals surface area contributed by atoms with Gasteiger partial charge >= 0.3 is 0 Å². The summed E-state index contributed by atoms with van der Waals surface area (Å²) in [6.07, 6.45) is 3.52. The molecule has 1 aromatic rings. The third-order valence-corrected chi connectivity index (χ3v) is 1.30. The molecule has 1 aromatic heterocycles. The van der Waals surface area contributed by atoms with Crippen LogP contribution in [0.5, 0.6) is 0 Å². The highest BCUT2D eigenvalue weighted by Crippen LogP contribution is 2.00. The van der Waals surface area contributed by atoms with Crippen molar-refractivity contribution >= 4 is 12.2 Å². The molecule has 64 valence electrons. The highest BCUT2D eigenvalue weighted by molar-refractivity contribution is 5.93. The van der Waals surface area contributed by atoms with E-state index in [1.54, 1.807) is 0 Å². The highest BCUT2D eigenvalue weighted by atomic mass is 16.1. The van der Waals surface area contributed by atoms with Crippen LogP contribution in [-0.2, 0) is 4.79 Å². The lowest BCUT2D eigenvalue weighted by molar-refractivity contribution is -0.112. The number of aromatic nitrogens is 1. The number of pyridine rings is 1. The van der Waals surface area contributed by atoms with Crippen LogP contribution in [0.15, 0.2) is 18.5 Å². The minimum atomic E-state index is -0.735. The molecule has 0 radical (unpaired) electrons. The van der Waals surface area contributed by atoms with E-state index in [2.05, 4.69) is 16.8 Å². The minimum Gasteiger partial charge on any atom is -0.359 e. The lowest BCUT2D eigenvalue weighted by Crippen LogP contribution is -2.06. The normalized spacial score (nSPS) is 8.31. The number of rotatable bonds is 1. The molecule has 4 nitrogen and oxygen atoms in total. The topological polar surface area (TPSA) is 73.1 Å². The summed E-state index contributed by atoms with van der Waals surface area (Å²) in [6.45, 7) is 0. The van der Waals surface area contributed by atoms with Gasteiger partial charge in [-0.05, 0) is 6.07 Å². The van der Waals surface area contributed by atoms with E-state index in [1.807, 2.05) is 0 Å². The summed E-state index contributed by atoms with van der Waals surface area (Å²) in [5, 5.41) is 0. The Balaban J connectivity index is 3.09. The molecule has 0 aromatic carbocycles. The second-order valence-electron chi connectivity index (χ2n) is 2.20. The largest absolute Gasteiger partial charge is 0.359 e. The molecule has 4 heteroatoms. The number of nitrogens with zero attached hydrogens (tertiary/aromatic N) is 1. The van der Waals surface area contributed by atoms with Crippen molar-refractivity contribution in [2.45, 2.75) is 0 Å². The van der Waals surface area contributed by atoms with E-state index in [4.69, 9.17) is 5.73 Å². The van der Waals surface area contributed by atoms with Crippen LogP contribution >= 0.6 is 0 Å². The number of carbonyl (C=O) groups excluding carboxylic acids is 2. The van der Waals surface area contributed by atoms with Gasteiger partial charge in [-0.1, -0.05) is 5.92 Å². The van der Waals surface area contributed by atoms with Crippen LogP contribution in [0.4, 0.5) is 0 Å². The standard InChI is InChI=1S/C9H6N2O2/c10-9(13)2-1-7-5-11-4-3-8(7)6-12/h3-6H,(H2,10,13). The monoisotopic (exact) mass is 174 g/mol. The zero-order chi connectivity index (χ0) is 9.68. The first-order valence-electron chi connectivity index (χ1n) is 3.44. The summed E-state index contributed by atoms with van der Waals surface area (Å²) < 4.78 is 0. The maximum absolute atomic E-state index is 10.5. The predicted octanol–water partition coefficient (Wildman–Crippen LogP) is -0.269. The zero-order valence-corrected chi connectivity index (χ0v) is 6.65. The van der Waals surface area contributed by atoms with Crippen molar-refractivity contribution in [3.63, 3.8) is 0 Å². The molecule has 0 aliphatic rings. The molecule has 1 heterocycles. The summed E-state index contributed by atoms with van der Waals surface area (Å²) in [6, 6.07) is 1.51. The number of amides is 1. The Hall–Kier alpha value is -2.15. The maximum atomic E-state index is 10.5. The van der Waals surface area contributed by atoms with Crippen molar-refractivity contribution in [3.8, 4) is 11.8 Å². The molecule has 0 fully saturated rings. The van der Waals surface area contributed by atoms with Gasteiger partial charge in [0.15, 0.2) is 6.29 Å². The van der Waals surface area contributed by atoms with E-state index < -0.39 is 5.91 Å². The number of primary amides is 1. The Bertz CT molecular complexity index is 402. The van der Waals surface area contributed by atoms with Gasteiger partial charge in [-0.3, -0.25) is 14.6 Å². The third-order valence-electron chi connectivity index (χ3n) is 1.30. The fraction of sp³-hybridized carbons (Fsp3) is 0. The van der Waals surface area contributed by atoms with Gasteiger partial charge in [0.25, 0.3) is 5.91 Å². The van der Waals surface area contributed by atoms with Crippen molar-refractivity contribution in [3.05, 3.63) is 29.6 Å². The smallest absolute Gasteiger partial charge is 0.293 e. The van der Waals surface area contributed by atoms with E-state index in [1.165, 1.54) is 18.5 Å². The second kappa shape index (κ2) is 4.02. The lowest BCUT2D eigenvalue weighted by atomic mass is 10.1. The van der Waals surface area contributed by atoms with E-state index in [9.17, 15) is 9.59 Å². The van der Waals surface area contributed by atoms with Crippen molar-refractivity contribution in [2.75, 3.05) is 0 Å². The van der Waals surface area contributed by atoms with E-state index in [-0.39, 0.29) is 0 Å². The average Bonchev–Trinajstić information content (AvgIpc) is 2.15. The lowest BCUT2D eigenvalue weighted by Gasteiger charge is -1.91. The van der Waals surface area contributed by atoms with Gasteiger partial charge in [0.1, 0.15) is 0 Å². The first-order valence-corrected chi connectivity index (χ1v) is 3.44. The van der Waals surface area contributed by atoms with Gasteiger partial charge in [-0.25, -0.2) is 0 Å². The van der Waals surface area contributed by atoms with Crippen LogP contribution in [0.3, 0.4) is 0 Å². The van der Waals surface area contributed by atoms with Gasteiger partial charge in [0.05, 0.1) is 5.56 Å². The van der Waals surface area contributed by atoms with Crippen molar-refractivity contribution in [1.82, 2.24) is 4.98 Å². The Kier molecular flexibility index (Phi) is 2.77. The molecule has 0 saturated carbocycles. The van der Waals surface area contributed by atoms with Crippen LogP contribution in [0.1, 0.15) is 15.9 Å². The SMILES string of the molecule is NC(=O)C#Cc1cnccc1C=O. The molecular formula is C9H6N2O2. The number of hydrogen-bond donors (Lipinski definition) is 1. The summed E-state index contributed by atoms with van der Waals surface area (Å²) in [7, 11) is 0. The number of hydrogen-bond acceptors (Lipinski definition) is 3. The maximum Gasteiger partial charge on any atom is 0.293 e. The molecule has 0 aliphatic heterocycles. The average molecular weight is 174 g/mol. The minimum absolute atomic E-state index is 0.392. The van der Waals surface area contributed by atoms with Crippen LogP contribution in [0.2, 0.25) is 0 Å². The Morgan fingerprint density at radius 3 is 3.00 bits per heavy atom. The Labute approximate surface area is 74.8 Å². The molecule has 13 heavy (non-hydrogen) atoms. The molecule has 1 rings (SSSR count). The third kappa shape index (κ3) is 2.42. The summed E-state index contributed by atoms with van der Waals surface area (Å²) in [5.41, 5.74) is 5.60. The molecule has 0 saturated heterocycles. The fourth-order valence-corrected chi connectivity index (χ4v) is 0.741. The van der Waals surface area contributed by atoms with Crippen LogP contribution in [0, 0.1) is 11.8 Å². The van der Waals surface area contributed by atoms with Gasteiger partial charge in [0, 0.05) is 23.9 Å². The van der Waals surface area contributed by atoms with Gasteiger partial charge in [0.2, 0.25) is 0 Å². The van der Waals surface area contributed by atoms with Crippen LogP contribution in [0.25, 0.3) is 0 Å². The summed E-state index contributed by atoms with van der Waals surface area (Å²) in [5.74, 6) is 3.84. The molecule has 0 bridgehead atoms. The molecular weight excluding hydrogens is 168 g/mol. The second-order valence-corrected chi connectivity index (χ2v) is 2.20. The summed E-state index contributed by atoms with van der Waals surface area (Å²) in [4.78, 5) is 24.5. The predicted molar refractivity (Wildman–Crippen MR) is 45.7 cm³/mol. The fourth-order valence-electron chi connectivity index (χ4n) is 0.741. The van der Waals surface area contributed by atoms with Crippen molar-refractivity contribution < 1.29 is 9.59 Å². The Morgan fingerprint density at radius 2 is 2.38 bits per heavy atom. The van der Waals surface area contributed by atoms with E-state index in [0.717, 1.165) is 0 Å². The van der Waals surface area contributed by atoms with Crippen LogP contribution < -0.4 is 5.73 Å². The molecule has 0 atom stereocenters. The number of carbonyl (C=O) groups is 2. The summed E-state index contributed by atoms with van der Waals surface area (Å²) >= 11 is 0. The van der Waals surface area contributed by atoms with Gasteiger partial charge in [-0.2, -0.15) is 0 Å². The van der Waals surface area contributed by atoms with Crippen molar-refractivity contribution in [1.29, 1.82) is 0 Å². The quantitative estimate of drug-likeness (QED) is 0.470. The zero-order valence-electron chi connectivity index (χ0n) is 6.65. The van der Waals surface area contributed by atoms with E-state index in [0.29, 0.717) is 17.4 Å². The Morgan fingerprint density at radius 1 is 1.62 bits per heavy atom.